The summed E-state index contributed by atoms with van der Waals surface area (Å²) in [6, 6.07) is 0.474. The topological polar surface area (TPSA) is 140 Å². The lowest BCUT2D eigenvalue weighted by atomic mass is 9.81. The van der Waals surface area contributed by atoms with Crippen LogP contribution >= 0.6 is 11.6 Å². The third-order valence-corrected chi connectivity index (χ3v) is 8.14. The number of nitrogens with one attached hydrogen (secondary N) is 3. The van der Waals surface area contributed by atoms with Crippen LogP contribution in [0.3, 0.4) is 0 Å². The van der Waals surface area contributed by atoms with Crippen molar-refractivity contribution in [1.29, 1.82) is 0 Å². The molecular formula is C26H28ClF5N8O3. The number of nitrogens with zero attached hydrogens (tertiary/aromatic N) is 5. The largest absolute Gasteiger partial charge is 0.339 e. The van der Waals surface area contributed by atoms with Crippen LogP contribution in [0.15, 0.2) is 29.3 Å². The summed E-state index contributed by atoms with van der Waals surface area (Å²) in [5, 5.41) is 18.5. The second kappa shape index (κ2) is 11.7. The van der Waals surface area contributed by atoms with Crippen LogP contribution in [0.4, 0.5) is 27.6 Å². The van der Waals surface area contributed by atoms with Crippen LogP contribution in [0.25, 0.3) is 0 Å². The first-order valence-corrected chi connectivity index (χ1v) is 14.0. The molecule has 5 rings (SSSR count). The van der Waals surface area contributed by atoms with E-state index in [1.807, 2.05) is 0 Å². The van der Waals surface area contributed by atoms with Gasteiger partial charge in [-0.1, -0.05) is 11.6 Å². The zero-order valence-electron chi connectivity index (χ0n) is 22.8. The van der Waals surface area contributed by atoms with Gasteiger partial charge in [-0.15, -0.1) is 5.10 Å². The second-order valence-electron chi connectivity index (χ2n) is 11.1. The van der Waals surface area contributed by atoms with E-state index in [0.717, 1.165) is 10.9 Å². The van der Waals surface area contributed by atoms with Crippen LogP contribution in [0.1, 0.15) is 67.5 Å². The minimum absolute atomic E-state index is 0.00298. The maximum Gasteiger partial charge on any atom is 0.270 e. The van der Waals surface area contributed by atoms with Crippen molar-refractivity contribution >= 4 is 29.1 Å². The molecule has 0 aromatic carbocycles. The van der Waals surface area contributed by atoms with E-state index in [2.05, 4.69) is 31.0 Å². The Bertz CT molecular complexity index is 1560. The lowest BCUT2D eigenvalue weighted by Crippen LogP contribution is -2.50. The van der Waals surface area contributed by atoms with E-state index in [0.29, 0.717) is 0 Å². The van der Waals surface area contributed by atoms with Crippen molar-refractivity contribution in [3.63, 3.8) is 0 Å². The van der Waals surface area contributed by atoms with Crippen LogP contribution in [0.5, 0.6) is 0 Å². The van der Waals surface area contributed by atoms with Gasteiger partial charge in [-0.05, 0) is 43.7 Å². The van der Waals surface area contributed by atoms with Gasteiger partial charge in [0.25, 0.3) is 17.4 Å². The van der Waals surface area contributed by atoms with E-state index in [1.54, 1.807) is 0 Å². The summed E-state index contributed by atoms with van der Waals surface area (Å²) in [5.74, 6) is -9.49. The van der Waals surface area contributed by atoms with Crippen molar-refractivity contribution in [1.82, 2.24) is 35.1 Å². The van der Waals surface area contributed by atoms with Gasteiger partial charge in [0, 0.05) is 44.0 Å². The number of hydrogen-bond donors (Lipinski definition) is 3. The van der Waals surface area contributed by atoms with Gasteiger partial charge in [0.15, 0.2) is 0 Å². The Morgan fingerprint density at radius 1 is 1.19 bits per heavy atom. The summed E-state index contributed by atoms with van der Waals surface area (Å²) in [6.07, 6.45) is 0.594. The summed E-state index contributed by atoms with van der Waals surface area (Å²) in [6.45, 7) is 1.60. The molecule has 0 radical (unpaired) electrons. The van der Waals surface area contributed by atoms with Gasteiger partial charge < -0.3 is 10.6 Å². The zero-order valence-corrected chi connectivity index (χ0v) is 23.6. The van der Waals surface area contributed by atoms with Gasteiger partial charge >= 0.3 is 0 Å². The molecule has 2 saturated carbocycles. The van der Waals surface area contributed by atoms with Crippen molar-refractivity contribution < 1.29 is 31.5 Å². The van der Waals surface area contributed by atoms with Gasteiger partial charge in [0.2, 0.25) is 17.8 Å². The smallest absolute Gasteiger partial charge is 0.270 e. The lowest BCUT2D eigenvalue weighted by molar-refractivity contribution is -0.121. The van der Waals surface area contributed by atoms with E-state index in [4.69, 9.17) is 11.6 Å². The number of aromatic amines is 1. The molecule has 43 heavy (non-hydrogen) atoms. The quantitative estimate of drug-likeness (QED) is 0.303. The van der Waals surface area contributed by atoms with Gasteiger partial charge in [-0.2, -0.15) is 14.6 Å². The van der Waals surface area contributed by atoms with E-state index in [9.17, 15) is 36.3 Å². The Labute approximate surface area is 246 Å². The van der Waals surface area contributed by atoms with Crippen molar-refractivity contribution in [3.05, 3.63) is 57.2 Å². The fourth-order valence-corrected chi connectivity index (χ4v) is 5.71. The third-order valence-electron chi connectivity index (χ3n) is 7.95. The highest BCUT2D eigenvalue weighted by molar-refractivity contribution is 6.29. The molecule has 3 aromatic rings. The number of halogens is 6. The molecule has 2 atom stereocenters. The van der Waals surface area contributed by atoms with E-state index in [1.165, 1.54) is 29.9 Å². The van der Waals surface area contributed by atoms with Crippen molar-refractivity contribution in [2.45, 2.75) is 75.9 Å². The molecule has 0 saturated heterocycles. The number of amides is 2. The Balaban J connectivity index is 1.34. The van der Waals surface area contributed by atoms with E-state index < -0.39 is 66.0 Å². The molecule has 2 unspecified atom stereocenters. The van der Waals surface area contributed by atoms with Crippen LogP contribution < -0.4 is 16.2 Å². The molecule has 17 heteroatoms. The molecule has 11 nitrogen and oxygen atoms in total. The predicted molar refractivity (Wildman–Crippen MR) is 143 cm³/mol. The average Bonchev–Trinajstić information content (AvgIpc) is 3.53. The highest BCUT2D eigenvalue weighted by Crippen LogP contribution is 2.43. The molecule has 3 aromatic heterocycles. The number of aromatic nitrogens is 6. The van der Waals surface area contributed by atoms with Crippen LogP contribution in [-0.2, 0) is 11.3 Å². The summed E-state index contributed by atoms with van der Waals surface area (Å²) >= 11 is 5.86. The Hall–Kier alpha value is -3.82. The fraction of sp³-hybridized carbons (Fsp3) is 0.538. The number of H-pyrrole nitrogens is 1. The molecule has 2 aliphatic rings. The maximum absolute atomic E-state index is 14.9. The number of rotatable bonds is 9. The Morgan fingerprint density at radius 3 is 2.56 bits per heavy atom. The first-order valence-electron chi connectivity index (χ1n) is 13.6. The highest BCUT2D eigenvalue weighted by atomic mass is 35.5. The monoisotopic (exact) mass is 630 g/mol. The molecule has 2 fully saturated rings. The molecule has 0 aliphatic heterocycles. The van der Waals surface area contributed by atoms with Gasteiger partial charge in [0.1, 0.15) is 22.6 Å². The summed E-state index contributed by atoms with van der Waals surface area (Å²) < 4.78 is 71.7. The lowest BCUT2D eigenvalue weighted by Gasteiger charge is -2.35. The highest BCUT2D eigenvalue weighted by Gasteiger charge is 2.46. The molecule has 3 N–H and O–H groups in total. The standard InChI is InChI=1S/C26H28ClF5N8O3/c1-13(16-8-19(27)36-37-22(16)41)39-12-17(21(28)38-39)34-24(43)20(15-2-5-25(29,30)6-3-15)35-23(42)18-4-7-33-40(18)11-14-9-26(31,32)10-14/h4,7-8,12-15,20H,2-3,5-6,9-11H2,1H3,(H,34,43)(H,35,42)(H,37,41). The first-order chi connectivity index (χ1) is 20.2. The van der Waals surface area contributed by atoms with Gasteiger partial charge in [-0.3, -0.25) is 23.7 Å². The van der Waals surface area contributed by atoms with Gasteiger partial charge in [0.05, 0.1) is 12.2 Å². The van der Waals surface area contributed by atoms with Crippen LogP contribution in [0, 0.1) is 17.8 Å². The number of carbonyl (C=O) groups is 2. The number of alkyl halides is 4. The molecule has 0 bridgehead atoms. The number of anilines is 1. The van der Waals surface area contributed by atoms with Crippen molar-refractivity contribution in [2.24, 2.45) is 11.8 Å². The fourth-order valence-electron chi connectivity index (χ4n) is 5.55. The normalized spacial score (nSPS) is 19.8. The minimum Gasteiger partial charge on any atom is -0.339 e. The maximum atomic E-state index is 14.9. The minimum atomic E-state index is -2.91. The summed E-state index contributed by atoms with van der Waals surface area (Å²) in [5.41, 5.74) is -0.829. The molecule has 3 heterocycles. The van der Waals surface area contributed by atoms with Gasteiger partial charge in [-0.25, -0.2) is 22.7 Å². The zero-order chi connectivity index (χ0) is 31.1. The molecule has 232 valence electrons. The van der Waals surface area contributed by atoms with E-state index >= 15 is 0 Å². The average molecular weight is 631 g/mol. The molecule has 2 aliphatic carbocycles. The second-order valence-corrected chi connectivity index (χ2v) is 11.5. The Morgan fingerprint density at radius 2 is 1.88 bits per heavy atom. The summed E-state index contributed by atoms with van der Waals surface area (Å²) in [4.78, 5) is 38.9. The molecule has 0 spiro atoms. The van der Waals surface area contributed by atoms with Crippen molar-refractivity contribution in [3.8, 4) is 0 Å². The molecule has 2 amide bonds. The van der Waals surface area contributed by atoms with Crippen LogP contribution in [-0.4, -0.2) is 59.5 Å². The van der Waals surface area contributed by atoms with E-state index in [-0.39, 0.29) is 60.2 Å². The SMILES string of the molecule is CC(c1cc(Cl)n[nH]c1=O)n1cc(NC(=O)C(NC(=O)c2ccnn2CC2CC(F)(F)C2)C2CCC(F)(F)CC2)c(F)n1. The first kappa shape index (κ1) is 30.6. The van der Waals surface area contributed by atoms with Crippen molar-refractivity contribution in [2.75, 3.05) is 5.32 Å². The predicted octanol–water partition coefficient (Wildman–Crippen LogP) is 4.17. The number of hydrogen-bond acceptors (Lipinski definition) is 6. The Kier molecular flexibility index (Phi) is 8.33. The third kappa shape index (κ3) is 6.89. The molecular weight excluding hydrogens is 603 g/mol. The summed E-state index contributed by atoms with van der Waals surface area (Å²) in [7, 11) is 0. The van der Waals surface area contributed by atoms with Crippen LogP contribution in [0.2, 0.25) is 5.15 Å². The number of carbonyl (C=O) groups excluding carboxylic acids is 2.